The number of piperazine rings is 2. The Kier molecular flexibility index (Phi) is 50.8. The molecule has 0 bridgehead atoms. The second-order valence-electron chi connectivity index (χ2n) is 33.9. The van der Waals surface area contributed by atoms with E-state index >= 15 is 0 Å². The molecule has 1 N–H and O–H groups in total. The average Bonchev–Trinajstić information content (AvgIpc) is 1.42. The van der Waals surface area contributed by atoms with Gasteiger partial charge in [-0.3, -0.25) is 4.79 Å². The molecular formula is C90H131BrCs2N18O13PdSi2. The van der Waals surface area contributed by atoms with Gasteiger partial charge in [0.25, 0.3) is 6.47 Å². The van der Waals surface area contributed by atoms with E-state index in [-0.39, 0.29) is 233 Å². The van der Waals surface area contributed by atoms with Gasteiger partial charge in [0.05, 0.1) is 87.1 Å². The molecule has 15 rings (SSSR count). The number of likely N-dealkylation sites (N-methyl/N-ethyl adjacent to an activating group) is 2. The largest absolute Gasteiger partial charge is 2.00 e. The molecular weight excluding hydrogens is 2050 g/mol. The third-order valence-corrected chi connectivity index (χ3v) is 26.9. The maximum Gasteiger partial charge on any atom is 2.00 e. The van der Waals surface area contributed by atoms with Crippen LogP contribution in [0.5, 0.6) is 12.0 Å². The Labute approximate surface area is 895 Å². The molecule has 0 aliphatic carbocycles. The van der Waals surface area contributed by atoms with Crippen molar-refractivity contribution in [3.8, 4) is 24.2 Å². The minimum Gasteiger partial charge on any atom is -1.00 e. The van der Waals surface area contributed by atoms with Crippen molar-refractivity contribution in [2.75, 3.05) is 147 Å². The van der Waals surface area contributed by atoms with Crippen molar-refractivity contribution in [2.45, 2.75) is 188 Å². The van der Waals surface area contributed by atoms with Gasteiger partial charge in [-0.15, -0.1) is 0 Å². The van der Waals surface area contributed by atoms with Crippen molar-refractivity contribution >= 4 is 89.9 Å². The van der Waals surface area contributed by atoms with Crippen molar-refractivity contribution in [3.05, 3.63) is 161 Å². The summed E-state index contributed by atoms with van der Waals surface area (Å²) in [7, 11) is 2.08. The van der Waals surface area contributed by atoms with E-state index in [2.05, 4.69) is 166 Å². The van der Waals surface area contributed by atoms with Crippen LogP contribution in [0.2, 0.25) is 51.4 Å². The average molecular weight is 2180 g/mol. The predicted molar refractivity (Wildman–Crippen MR) is 490 cm³/mol. The summed E-state index contributed by atoms with van der Waals surface area (Å²) in [6.07, 6.45) is 9.84. The van der Waals surface area contributed by atoms with E-state index in [4.69, 9.17) is 73.0 Å². The molecule has 0 radical (unpaired) electrons. The number of nitrogens with one attached hydrogen (secondary N) is 1. The van der Waals surface area contributed by atoms with Crippen molar-refractivity contribution in [3.63, 3.8) is 0 Å². The number of likely N-dealkylation sites (tertiary alicyclic amines) is 2. The first kappa shape index (κ1) is 113. The Hall–Kier alpha value is -4.67. The molecule has 5 saturated heterocycles. The number of carbonyl (C=O) groups excluding carboxylic acids is 3. The molecule has 127 heavy (non-hydrogen) atoms. The second kappa shape index (κ2) is 57.1. The van der Waals surface area contributed by atoms with Crippen LogP contribution in [0.1, 0.15) is 92.1 Å². The molecule has 8 aromatic rings. The molecule has 7 aliphatic heterocycles. The van der Waals surface area contributed by atoms with Gasteiger partial charge in [-0.05, 0) is 136 Å². The molecule has 7 aliphatic rings. The van der Waals surface area contributed by atoms with Crippen LogP contribution in [-0.4, -0.2) is 250 Å². The molecule has 2 amide bonds. The third kappa shape index (κ3) is 34.3. The van der Waals surface area contributed by atoms with Gasteiger partial charge in [0.15, 0.2) is 0 Å². The molecule has 4 atom stereocenters. The van der Waals surface area contributed by atoms with E-state index in [1.807, 2.05) is 76.2 Å². The second-order valence-corrected chi connectivity index (χ2v) is 46.0. The number of fused-ring (bicyclic) bond motifs is 4. The fraction of sp³-hybridized carbons (Fsp3) is 0.544. The van der Waals surface area contributed by atoms with E-state index in [0.717, 1.165) is 187 Å². The van der Waals surface area contributed by atoms with Gasteiger partial charge in [0.2, 0.25) is 0 Å². The first-order valence-electron chi connectivity index (χ1n) is 42.2. The summed E-state index contributed by atoms with van der Waals surface area (Å²) in [6, 6.07) is 35.5. The zero-order chi connectivity index (χ0) is 85.8. The number of anilines is 3. The fourth-order valence-electron chi connectivity index (χ4n) is 15.5. The van der Waals surface area contributed by atoms with Gasteiger partial charge >= 0.3 is 182 Å². The van der Waals surface area contributed by atoms with Crippen LogP contribution < -0.4 is 173 Å². The third-order valence-electron chi connectivity index (χ3n) is 22.5. The summed E-state index contributed by atoms with van der Waals surface area (Å²) < 4.78 is 50.3. The number of nitriles is 2. The van der Waals surface area contributed by atoms with Crippen LogP contribution in [0.15, 0.2) is 102 Å². The van der Waals surface area contributed by atoms with Crippen LogP contribution in [0.4, 0.5) is 26.9 Å². The van der Waals surface area contributed by atoms with E-state index in [1.165, 1.54) is 18.0 Å². The van der Waals surface area contributed by atoms with Gasteiger partial charge < -0.3 is 104 Å². The van der Waals surface area contributed by atoms with Crippen molar-refractivity contribution in [1.82, 2.24) is 64.4 Å². The fourth-order valence-corrected chi connectivity index (χ4v) is 17.4. The summed E-state index contributed by atoms with van der Waals surface area (Å²) in [4.78, 5) is 72.1. The van der Waals surface area contributed by atoms with Crippen molar-refractivity contribution in [1.29, 1.82) is 10.5 Å². The van der Waals surface area contributed by atoms with Gasteiger partial charge in [0.1, 0.15) is 62.6 Å². The Balaban J connectivity index is 0.000000404. The number of aromatic nitrogens is 8. The first-order chi connectivity index (χ1) is 58.5. The zero-order valence-electron chi connectivity index (χ0n) is 77.3. The first-order valence-corrected chi connectivity index (χ1v) is 50.4. The maximum absolute atomic E-state index is 13.3. The molecule has 0 spiro atoms. The van der Waals surface area contributed by atoms with Gasteiger partial charge in [-0.25, -0.2) is 19.0 Å². The molecule has 0 saturated carbocycles. The molecule has 31 nitrogen and oxygen atoms in total. The number of halogens is 1. The monoisotopic (exact) mass is 2180 g/mol. The number of aryl methyl sites for hydroxylation is 2. The predicted octanol–water partition coefficient (Wildman–Crippen LogP) is 7.10. The van der Waals surface area contributed by atoms with Gasteiger partial charge in [-0.2, -0.15) is 40.7 Å². The maximum atomic E-state index is 13.3. The Morgan fingerprint density at radius 1 is 0.606 bits per heavy atom. The number of hydrogen-bond acceptors (Lipinski definition) is 27. The topological polar surface area (TPSA) is 327 Å². The Morgan fingerprint density at radius 3 is 1.50 bits per heavy atom. The normalized spacial score (nSPS) is 17.8. The summed E-state index contributed by atoms with van der Waals surface area (Å²) in [5.41, 5.74) is 11.4. The summed E-state index contributed by atoms with van der Waals surface area (Å²) in [6.45, 7) is 33.4. The number of benzene rings is 4. The van der Waals surface area contributed by atoms with Crippen LogP contribution in [-0.2, 0) is 111 Å². The van der Waals surface area contributed by atoms with Crippen LogP contribution in [0.25, 0.3) is 21.8 Å². The molecule has 5 fully saturated rings. The van der Waals surface area contributed by atoms with Crippen LogP contribution in [0.3, 0.4) is 0 Å². The molecule has 37 heteroatoms. The van der Waals surface area contributed by atoms with E-state index < -0.39 is 22.2 Å². The minimum absolute atomic E-state index is 0. The summed E-state index contributed by atoms with van der Waals surface area (Å²) in [5.74, 6) is 1.69. The number of hydrogen-bond donors (Lipinski definition) is 1. The molecule has 4 aromatic carbocycles. The number of amides is 2. The Morgan fingerprint density at radius 2 is 1.06 bits per heavy atom. The van der Waals surface area contributed by atoms with E-state index in [0.29, 0.717) is 103 Å². The van der Waals surface area contributed by atoms with Gasteiger partial charge in [0, 0.05) is 133 Å². The summed E-state index contributed by atoms with van der Waals surface area (Å²) in [5, 5.41) is 43.0. The van der Waals surface area contributed by atoms with Crippen LogP contribution in [0, 0.1) is 51.4 Å². The van der Waals surface area contributed by atoms with Gasteiger partial charge in [-0.1, -0.05) is 132 Å². The smallest absolute Gasteiger partial charge is 1.00 e. The minimum atomic E-state index is -1.18. The number of carbonyl (C=O) groups is 3. The van der Waals surface area contributed by atoms with Crippen molar-refractivity contribution < 1.29 is 222 Å². The van der Waals surface area contributed by atoms with E-state index in [9.17, 15) is 20.1 Å². The number of rotatable bonds is 26. The SMILES string of the molecule is C.C1COCCO1.CN1CCC[C@H]1COc1nc2c(c(N3CCN(C(=O)OCc4ccccc4)C(CC#N)C3)n1)CCNC2.Cc1ccc2cn(COCC[Si](C)(C)C)nc2c1Br.Cc1ccc2cn(COCC[Si](C)(C)C)nc2c1N1CCc2c(nc(OC[C@@H]3CCCN3C)nc2N2CCN(C(=O)OCc3ccccc3)C(CC#N)C2)C1.O=CO[O-].[CH3-].[CH3-].[Cs+].[Cs+].[H-].[Pd+2]. The Bertz CT molecular complexity index is 4760. The summed E-state index contributed by atoms with van der Waals surface area (Å²) >= 11 is 3.59. The molecule has 4 aromatic heterocycles. The van der Waals surface area contributed by atoms with E-state index in [1.54, 1.807) is 9.80 Å². The number of nitrogens with zero attached hydrogens (tertiary/aromatic N) is 17. The van der Waals surface area contributed by atoms with Crippen LogP contribution >= 0.6 is 15.9 Å². The van der Waals surface area contributed by atoms with Crippen molar-refractivity contribution in [2.24, 2.45) is 0 Å². The number of ether oxygens (including phenoxy) is 8. The quantitative estimate of drug-likeness (QED) is 0.0141. The molecule has 2 unspecified atom stereocenters. The standard InChI is InChI=1S/C41H55N9O4Si.C27H35N7O3.C14H21BrN2OSi.C4H8O2.CH2O3.CH4.2CH3.2Cs.Pd.H/c1-30-13-14-32-24-49(29-52-22-23-55(3,4)5)45-37(32)38(30)47-19-16-35-36(26-47)43-40(53-28-34-12-9-18-46(34)2)44-39(35)48-20-21-50(33(25-48)15-17-42)41(51)54-27-31-10-7-6-8-11-31;1-32-13-5-8-22(32)19-36-26-30-24-16-29-12-10-23(24)25(31-26)33-14-15-34(21(17-33)9-11-28)27(35)37-18-20-6-3-2-4-7-20;1-11-5-6-12-9-17(16-14(12)13(11)15)10-18-7-8-19(2,3)4;1-2-6-4-3-5-1;2-1-4-3;;;;;;;/h6-8,10-11,13-14,24,33-34H,9,12,15-16,18-23,25-29H2,1-5H3;2-4,6-7,21-22,29H,5,8-10,12-19H2,1H3;5-6,9H,7-8,10H2,1-4H3;1-4H2;1,3H;1H4;2*1H3;;;;/q;;;;;;2*-1;2*+1;+2;-1/p-1/t33?,34-;21?,22-;;;;;;;;;;/m00........../s1. The molecule has 686 valence electrons. The zero-order valence-corrected chi connectivity index (χ0v) is 94.0. The molecule has 11 heterocycles.